The molecule has 1 aliphatic heterocycles. The molecule has 0 aromatic heterocycles. The normalized spacial score (nSPS) is 13.7. The van der Waals surface area contributed by atoms with Crippen LogP contribution in [0, 0.1) is 13.8 Å². The number of aryl methyl sites for hydroxylation is 2. The lowest BCUT2D eigenvalue weighted by Gasteiger charge is -2.12. The van der Waals surface area contributed by atoms with Crippen LogP contribution in [0.4, 0.5) is 20.2 Å². The standard InChI is InChI=1S/C19H19F2N3O4/c1-11-4-3-5-12(2)18(11)24-17(26)10-23-16(25)9-22-13-6-7-14-15(8-13)28-19(20,21)27-14/h3-8,22H,9-10H2,1-2H3,(H,23,25)(H,24,26). The minimum Gasteiger partial charge on any atom is -0.395 e. The van der Waals surface area contributed by atoms with Crippen LogP contribution in [0.3, 0.4) is 0 Å². The number of nitrogens with one attached hydrogen (secondary N) is 3. The Labute approximate surface area is 160 Å². The molecule has 28 heavy (non-hydrogen) atoms. The van der Waals surface area contributed by atoms with Crippen LogP contribution in [0.25, 0.3) is 0 Å². The van der Waals surface area contributed by atoms with Crippen molar-refractivity contribution in [3.8, 4) is 11.5 Å². The third-order valence-electron chi connectivity index (χ3n) is 4.05. The highest BCUT2D eigenvalue weighted by Gasteiger charge is 2.43. The smallest absolute Gasteiger partial charge is 0.395 e. The van der Waals surface area contributed by atoms with E-state index in [1.165, 1.54) is 18.2 Å². The van der Waals surface area contributed by atoms with Gasteiger partial charge >= 0.3 is 6.29 Å². The summed E-state index contributed by atoms with van der Waals surface area (Å²) in [7, 11) is 0. The molecule has 0 bridgehead atoms. The summed E-state index contributed by atoms with van der Waals surface area (Å²) >= 11 is 0. The molecular formula is C19H19F2N3O4. The van der Waals surface area contributed by atoms with E-state index >= 15 is 0 Å². The molecular weight excluding hydrogens is 372 g/mol. The second kappa shape index (κ2) is 7.71. The van der Waals surface area contributed by atoms with E-state index in [1.807, 2.05) is 32.0 Å². The number of hydrogen-bond donors (Lipinski definition) is 3. The average Bonchev–Trinajstić information content (AvgIpc) is 2.94. The van der Waals surface area contributed by atoms with Crippen molar-refractivity contribution < 1.29 is 27.8 Å². The topological polar surface area (TPSA) is 88.7 Å². The molecule has 0 saturated heterocycles. The van der Waals surface area contributed by atoms with Gasteiger partial charge in [0, 0.05) is 17.4 Å². The molecule has 1 aliphatic rings. The van der Waals surface area contributed by atoms with Crippen LogP contribution in [0.2, 0.25) is 0 Å². The van der Waals surface area contributed by atoms with E-state index in [1.54, 1.807) is 0 Å². The van der Waals surface area contributed by atoms with Crippen molar-refractivity contribution in [1.82, 2.24) is 5.32 Å². The summed E-state index contributed by atoms with van der Waals surface area (Å²) in [5, 5.41) is 8.02. The van der Waals surface area contributed by atoms with Crippen molar-refractivity contribution in [2.45, 2.75) is 20.1 Å². The zero-order valence-corrected chi connectivity index (χ0v) is 15.3. The van der Waals surface area contributed by atoms with Crippen molar-refractivity contribution in [3.63, 3.8) is 0 Å². The van der Waals surface area contributed by atoms with Gasteiger partial charge in [-0.15, -0.1) is 8.78 Å². The largest absolute Gasteiger partial charge is 0.586 e. The van der Waals surface area contributed by atoms with Crippen LogP contribution in [-0.4, -0.2) is 31.2 Å². The number of benzene rings is 2. The van der Waals surface area contributed by atoms with Gasteiger partial charge in [-0.25, -0.2) is 0 Å². The van der Waals surface area contributed by atoms with Gasteiger partial charge in [-0.2, -0.15) is 0 Å². The number of amides is 2. The predicted octanol–water partition coefficient (Wildman–Crippen LogP) is 2.79. The van der Waals surface area contributed by atoms with Gasteiger partial charge < -0.3 is 25.4 Å². The Hall–Kier alpha value is -3.36. The molecule has 0 spiro atoms. The van der Waals surface area contributed by atoms with E-state index in [2.05, 4.69) is 25.4 Å². The zero-order valence-electron chi connectivity index (χ0n) is 15.3. The number of ether oxygens (including phenoxy) is 2. The van der Waals surface area contributed by atoms with Gasteiger partial charge in [-0.1, -0.05) is 18.2 Å². The molecule has 1 heterocycles. The molecule has 2 amide bonds. The van der Waals surface area contributed by atoms with Gasteiger partial charge in [0.15, 0.2) is 11.5 Å². The fourth-order valence-electron chi connectivity index (χ4n) is 2.68. The maximum absolute atomic E-state index is 13.0. The first-order valence-electron chi connectivity index (χ1n) is 8.50. The molecule has 0 saturated carbocycles. The monoisotopic (exact) mass is 391 g/mol. The summed E-state index contributed by atoms with van der Waals surface area (Å²) in [6.07, 6.45) is -3.69. The molecule has 2 aromatic carbocycles. The highest BCUT2D eigenvalue weighted by molar-refractivity contribution is 5.96. The molecule has 2 aromatic rings. The molecule has 148 valence electrons. The summed E-state index contributed by atoms with van der Waals surface area (Å²) in [6, 6.07) is 9.75. The number of hydrogen-bond acceptors (Lipinski definition) is 5. The molecule has 9 heteroatoms. The second-order valence-corrected chi connectivity index (χ2v) is 6.27. The van der Waals surface area contributed by atoms with Gasteiger partial charge in [-0.3, -0.25) is 9.59 Å². The van der Waals surface area contributed by atoms with Crippen LogP contribution in [-0.2, 0) is 9.59 Å². The Morgan fingerprint density at radius 3 is 2.36 bits per heavy atom. The first kappa shape index (κ1) is 19.4. The van der Waals surface area contributed by atoms with E-state index in [-0.39, 0.29) is 30.5 Å². The maximum Gasteiger partial charge on any atom is 0.586 e. The highest BCUT2D eigenvalue weighted by atomic mass is 19.3. The van der Waals surface area contributed by atoms with E-state index in [0.29, 0.717) is 5.69 Å². The van der Waals surface area contributed by atoms with Crippen LogP contribution >= 0.6 is 0 Å². The Morgan fingerprint density at radius 2 is 1.64 bits per heavy atom. The first-order chi connectivity index (χ1) is 13.2. The Kier molecular flexibility index (Phi) is 5.34. The lowest BCUT2D eigenvalue weighted by atomic mass is 10.1. The molecule has 3 rings (SSSR count). The Balaban J connectivity index is 1.46. The third-order valence-corrected chi connectivity index (χ3v) is 4.05. The number of carbonyl (C=O) groups excluding carboxylic acids is 2. The van der Waals surface area contributed by atoms with Gasteiger partial charge in [0.25, 0.3) is 0 Å². The van der Waals surface area contributed by atoms with Crippen LogP contribution in [0.15, 0.2) is 36.4 Å². The summed E-state index contributed by atoms with van der Waals surface area (Å²) in [4.78, 5) is 24.0. The Bertz CT molecular complexity index is 898. The van der Waals surface area contributed by atoms with Gasteiger partial charge in [0.1, 0.15) is 0 Å². The second-order valence-electron chi connectivity index (χ2n) is 6.27. The first-order valence-corrected chi connectivity index (χ1v) is 8.50. The Morgan fingerprint density at radius 1 is 0.964 bits per heavy atom. The van der Waals surface area contributed by atoms with Crippen molar-refractivity contribution in [1.29, 1.82) is 0 Å². The molecule has 0 radical (unpaired) electrons. The number of halogens is 2. The average molecular weight is 391 g/mol. The molecule has 0 unspecified atom stereocenters. The summed E-state index contributed by atoms with van der Waals surface area (Å²) in [6.45, 7) is 3.42. The van der Waals surface area contributed by atoms with E-state index in [9.17, 15) is 18.4 Å². The van der Waals surface area contributed by atoms with Crippen molar-refractivity contribution in [2.24, 2.45) is 0 Å². The van der Waals surface area contributed by atoms with Gasteiger partial charge in [0.05, 0.1) is 13.1 Å². The lowest BCUT2D eigenvalue weighted by molar-refractivity contribution is -0.286. The van der Waals surface area contributed by atoms with E-state index < -0.39 is 12.2 Å². The maximum atomic E-state index is 13.0. The SMILES string of the molecule is Cc1cccc(C)c1NC(=O)CNC(=O)CNc1ccc2c(c1)OC(F)(F)O2. The fraction of sp³-hybridized carbons (Fsp3) is 0.263. The number of anilines is 2. The number of carbonyl (C=O) groups is 2. The van der Waals surface area contributed by atoms with Gasteiger partial charge in [-0.05, 0) is 37.1 Å². The highest BCUT2D eigenvalue weighted by Crippen LogP contribution is 2.42. The van der Waals surface area contributed by atoms with Crippen molar-refractivity contribution in [2.75, 3.05) is 23.7 Å². The van der Waals surface area contributed by atoms with Crippen molar-refractivity contribution in [3.05, 3.63) is 47.5 Å². The number of rotatable bonds is 6. The quantitative estimate of drug-likeness (QED) is 0.705. The lowest BCUT2D eigenvalue weighted by Crippen LogP contribution is -2.36. The molecule has 3 N–H and O–H groups in total. The third kappa shape index (κ3) is 4.67. The molecule has 0 atom stereocenters. The summed E-state index contributed by atoms with van der Waals surface area (Å²) in [5.41, 5.74) is 2.97. The van der Waals surface area contributed by atoms with Crippen LogP contribution in [0.1, 0.15) is 11.1 Å². The predicted molar refractivity (Wildman–Crippen MR) is 98.7 cm³/mol. The minimum atomic E-state index is -3.69. The van der Waals surface area contributed by atoms with Gasteiger partial charge in [0.2, 0.25) is 11.8 Å². The van der Waals surface area contributed by atoms with Crippen LogP contribution in [0.5, 0.6) is 11.5 Å². The zero-order chi connectivity index (χ0) is 20.3. The van der Waals surface area contributed by atoms with E-state index in [0.717, 1.165) is 16.8 Å². The number of fused-ring (bicyclic) bond motifs is 1. The fourth-order valence-corrected chi connectivity index (χ4v) is 2.68. The molecule has 0 aliphatic carbocycles. The minimum absolute atomic E-state index is 0.0804. The summed E-state index contributed by atoms with van der Waals surface area (Å²) in [5.74, 6) is -0.984. The van der Waals surface area contributed by atoms with E-state index in [4.69, 9.17) is 0 Å². The number of para-hydroxylation sites is 1. The number of alkyl halides is 2. The van der Waals surface area contributed by atoms with Crippen LogP contribution < -0.4 is 25.4 Å². The van der Waals surface area contributed by atoms with Crippen molar-refractivity contribution >= 4 is 23.2 Å². The summed E-state index contributed by atoms with van der Waals surface area (Å²) < 4.78 is 34.6. The molecule has 0 fully saturated rings. The molecule has 7 nitrogen and oxygen atoms in total.